The lowest BCUT2D eigenvalue weighted by atomic mass is 9.88. The molecule has 1 heterocycles. The number of urea groups is 1. The Bertz CT molecular complexity index is 962. The summed E-state index contributed by atoms with van der Waals surface area (Å²) in [5.41, 5.74) is 6.87. The highest BCUT2D eigenvalue weighted by atomic mass is 16.2. The van der Waals surface area contributed by atoms with Crippen molar-refractivity contribution in [1.29, 1.82) is 0 Å². The largest absolute Gasteiger partial charge is 0.322 e. The van der Waals surface area contributed by atoms with E-state index in [1.807, 2.05) is 36.1 Å². The number of nitrogens with one attached hydrogen (secondary N) is 1. The smallest absolute Gasteiger partial charge is 0.313 e. The molecule has 0 saturated heterocycles. The fourth-order valence-electron chi connectivity index (χ4n) is 3.81. The first kappa shape index (κ1) is 17.3. The van der Waals surface area contributed by atoms with Crippen LogP contribution in [0.15, 0.2) is 72.8 Å². The molecule has 1 N–H and O–H groups in total. The number of hydrogen-bond donors (Lipinski definition) is 1. The van der Waals surface area contributed by atoms with Gasteiger partial charge in [0.05, 0.1) is 6.04 Å². The zero-order valence-corrected chi connectivity index (χ0v) is 15.8. The zero-order chi connectivity index (χ0) is 18.8. The number of carbonyl (C=O) groups is 1. The summed E-state index contributed by atoms with van der Waals surface area (Å²) < 4.78 is 0. The first-order valence-electron chi connectivity index (χ1n) is 9.40. The van der Waals surface area contributed by atoms with Crippen molar-refractivity contribution in [2.75, 3.05) is 11.9 Å². The minimum atomic E-state index is -0.0691. The fourth-order valence-corrected chi connectivity index (χ4v) is 3.81. The molecule has 27 heavy (non-hydrogen) atoms. The molecule has 3 aromatic carbocycles. The minimum Gasteiger partial charge on any atom is -0.313 e. The maximum Gasteiger partial charge on any atom is 0.322 e. The summed E-state index contributed by atoms with van der Waals surface area (Å²) in [6.07, 6.45) is 0.875. The van der Waals surface area contributed by atoms with Crippen molar-refractivity contribution in [2.24, 2.45) is 0 Å². The number of rotatable bonds is 2. The van der Waals surface area contributed by atoms with Gasteiger partial charge in [-0.2, -0.15) is 0 Å². The molecule has 1 atom stereocenters. The molecule has 0 aromatic heterocycles. The first-order chi connectivity index (χ1) is 13.1. The number of anilines is 1. The van der Waals surface area contributed by atoms with Gasteiger partial charge in [-0.3, -0.25) is 0 Å². The van der Waals surface area contributed by atoms with E-state index in [2.05, 4.69) is 60.8 Å². The number of benzene rings is 3. The Hall–Kier alpha value is -3.07. The van der Waals surface area contributed by atoms with Crippen molar-refractivity contribution < 1.29 is 4.79 Å². The van der Waals surface area contributed by atoms with Crippen LogP contribution < -0.4 is 5.32 Å². The highest BCUT2D eigenvalue weighted by Crippen LogP contribution is 2.35. The van der Waals surface area contributed by atoms with Gasteiger partial charge in [-0.05, 0) is 54.7 Å². The average molecular weight is 356 g/mol. The summed E-state index contributed by atoms with van der Waals surface area (Å²) in [7, 11) is 0. The highest BCUT2D eigenvalue weighted by Gasteiger charge is 2.31. The molecular formula is C24H24N2O. The number of carbonyl (C=O) groups excluding carboxylic acids is 1. The molecular weight excluding hydrogens is 332 g/mol. The Morgan fingerprint density at radius 2 is 1.70 bits per heavy atom. The predicted octanol–water partition coefficient (Wildman–Crippen LogP) is 5.48. The van der Waals surface area contributed by atoms with Gasteiger partial charge in [0.1, 0.15) is 0 Å². The van der Waals surface area contributed by atoms with E-state index in [0.29, 0.717) is 6.54 Å². The van der Waals surface area contributed by atoms with Crippen LogP contribution >= 0.6 is 0 Å². The number of hydrogen-bond acceptors (Lipinski definition) is 1. The predicted molar refractivity (Wildman–Crippen MR) is 110 cm³/mol. The molecule has 136 valence electrons. The third-order valence-corrected chi connectivity index (χ3v) is 5.21. The molecule has 0 radical (unpaired) electrons. The molecule has 1 unspecified atom stereocenters. The van der Waals surface area contributed by atoms with Crippen molar-refractivity contribution in [2.45, 2.75) is 26.3 Å². The van der Waals surface area contributed by atoms with Gasteiger partial charge in [0, 0.05) is 12.2 Å². The molecule has 3 aromatic rings. The van der Waals surface area contributed by atoms with Crippen molar-refractivity contribution in [3.05, 3.63) is 101 Å². The van der Waals surface area contributed by atoms with E-state index in [1.165, 1.54) is 16.7 Å². The van der Waals surface area contributed by atoms with E-state index < -0.39 is 0 Å². The van der Waals surface area contributed by atoms with Crippen molar-refractivity contribution in [3.63, 3.8) is 0 Å². The van der Waals surface area contributed by atoms with Gasteiger partial charge < -0.3 is 10.2 Å². The topological polar surface area (TPSA) is 32.3 Å². The van der Waals surface area contributed by atoms with Crippen LogP contribution in [0.1, 0.15) is 33.9 Å². The van der Waals surface area contributed by atoms with Crippen molar-refractivity contribution >= 4 is 11.7 Å². The first-order valence-corrected chi connectivity index (χ1v) is 9.40. The van der Waals surface area contributed by atoms with Crippen LogP contribution in [0, 0.1) is 13.8 Å². The van der Waals surface area contributed by atoms with Crippen LogP contribution in [0.25, 0.3) is 0 Å². The standard InChI is InChI=1S/C24H24N2O/c1-17-10-12-20(13-11-17)23-22-9-4-3-7-19(22)14-15-26(23)24(27)25-21-8-5-6-18(2)16-21/h3-13,16,23H,14-15H2,1-2H3,(H,25,27). The average Bonchev–Trinajstić information content (AvgIpc) is 2.68. The molecule has 2 amide bonds. The molecule has 0 saturated carbocycles. The van der Waals surface area contributed by atoms with Crippen LogP contribution in [0.3, 0.4) is 0 Å². The summed E-state index contributed by atoms with van der Waals surface area (Å²) in [6, 6.07) is 24.8. The Balaban J connectivity index is 1.70. The van der Waals surface area contributed by atoms with Gasteiger partial charge >= 0.3 is 6.03 Å². The SMILES string of the molecule is Cc1ccc(C2c3ccccc3CCN2C(=O)Nc2cccc(C)c2)cc1. The lowest BCUT2D eigenvalue weighted by molar-refractivity contribution is 0.194. The Morgan fingerprint density at radius 1 is 0.926 bits per heavy atom. The van der Waals surface area contributed by atoms with E-state index >= 15 is 0 Å². The summed E-state index contributed by atoms with van der Waals surface area (Å²) in [4.78, 5) is 15.1. The quantitative estimate of drug-likeness (QED) is 0.647. The number of aryl methyl sites for hydroxylation is 2. The van der Waals surface area contributed by atoms with Crippen LogP contribution in [-0.2, 0) is 6.42 Å². The van der Waals surface area contributed by atoms with Crippen LogP contribution in [-0.4, -0.2) is 17.5 Å². The Labute approximate surface area is 160 Å². The summed E-state index contributed by atoms with van der Waals surface area (Å²) >= 11 is 0. The molecule has 3 heteroatoms. The number of amides is 2. The zero-order valence-electron chi connectivity index (χ0n) is 15.8. The van der Waals surface area contributed by atoms with E-state index in [4.69, 9.17) is 0 Å². The van der Waals surface area contributed by atoms with Crippen LogP contribution in [0.2, 0.25) is 0 Å². The Kier molecular flexibility index (Phi) is 4.68. The minimum absolute atomic E-state index is 0.0549. The van der Waals surface area contributed by atoms with Crippen LogP contribution in [0.4, 0.5) is 10.5 Å². The molecule has 1 aliphatic rings. The van der Waals surface area contributed by atoms with E-state index in [1.54, 1.807) is 0 Å². The Morgan fingerprint density at radius 3 is 2.48 bits per heavy atom. The summed E-state index contributed by atoms with van der Waals surface area (Å²) in [5, 5.41) is 3.08. The number of fused-ring (bicyclic) bond motifs is 1. The fraction of sp³-hybridized carbons (Fsp3) is 0.208. The molecule has 0 spiro atoms. The summed E-state index contributed by atoms with van der Waals surface area (Å²) in [5.74, 6) is 0. The second-order valence-electron chi connectivity index (χ2n) is 7.26. The van der Waals surface area contributed by atoms with E-state index in [0.717, 1.165) is 23.2 Å². The lowest BCUT2D eigenvalue weighted by Gasteiger charge is -2.37. The maximum atomic E-state index is 13.2. The van der Waals surface area contributed by atoms with Gasteiger partial charge in [-0.25, -0.2) is 4.79 Å². The molecule has 1 aliphatic heterocycles. The van der Waals surface area contributed by atoms with Crippen LogP contribution in [0.5, 0.6) is 0 Å². The van der Waals surface area contributed by atoms with E-state index in [9.17, 15) is 4.79 Å². The monoisotopic (exact) mass is 356 g/mol. The molecule has 0 fully saturated rings. The van der Waals surface area contributed by atoms with Gasteiger partial charge in [-0.15, -0.1) is 0 Å². The maximum absolute atomic E-state index is 13.2. The summed E-state index contributed by atoms with van der Waals surface area (Å²) in [6.45, 7) is 4.82. The van der Waals surface area contributed by atoms with Gasteiger partial charge in [0.15, 0.2) is 0 Å². The molecule has 0 aliphatic carbocycles. The lowest BCUT2D eigenvalue weighted by Crippen LogP contribution is -2.43. The third-order valence-electron chi connectivity index (χ3n) is 5.21. The molecule has 3 nitrogen and oxygen atoms in total. The molecule has 4 rings (SSSR count). The highest BCUT2D eigenvalue weighted by molar-refractivity contribution is 5.90. The normalized spacial score (nSPS) is 15.9. The second kappa shape index (κ2) is 7.28. The van der Waals surface area contributed by atoms with Crippen molar-refractivity contribution in [1.82, 2.24) is 4.90 Å². The number of nitrogens with zero attached hydrogens (tertiary/aromatic N) is 1. The van der Waals surface area contributed by atoms with E-state index in [-0.39, 0.29) is 12.1 Å². The van der Waals surface area contributed by atoms with Gasteiger partial charge in [-0.1, -0.05) is 66.2 Å². The third kappa shape index (κ3) is 3.59. The molecule has 0 bridgehead atoms. The van der Waals surface area contributed by atoms with Gasteiger partial charge in [0.25, 0.3) is 0 Å². The second-order valence-corrected chi connectivity index (χ2v) is 7.26. The van der Waals surface area contributed by atoms with Gasteiger partial charge in [0.2, 0.25) is 0 Å². The van der Waals surface area contributed by atoms with Crippen molar-refractivity contribution in [3.8, 4) is 0 Å².